The van der Waals surface area contributed by atoms with Crippen molar-refractivity contribution in [2.75, 3.05) is 19.6 Å². The molecule has 0 aliphatic carbocycles. The van der Waals surface area contributed by atoms with E-state index in [1.54, 1.807) is 0 Å². The fourth-order valence-electron chi connectivity index (χ4n) is 0.815. The molecule has 68 valence electrons. The summed E-state index contributed by atoms with van der Waals surface area (Å²) in [5.74, 6) is 0. The molecule has 0 saturated heterocycles. The Kier molecular flexibility index (Phi) is 6.38. The first-order valence-corrected chi connectivity index (χ1v) is 4.41. The Bertz CT molecular complexity index is 156. The minimum atomic E-state index is 0.761. The third-order valence-electron chi connectivity index (χ3n) is 1.31. The van der Waals surface area contributed by atoms with Crippen molar-refractivity contribution in [2.24, 2.45) is 0 Å². The maximum atomic E-state index is 5.12. The molecule has 0 aromatic carbocycles. The Hall–Kier alpha value is -0.830. The zero-order chi connectivity index (χ0) is 9.40. The zero-order valence-corrected chi connectivity index (χ0v) is 8.36. The molecular weight excluding hydrogens is 168 g/mol. The van der Waals surface area contributed by atoms with Crippen LogP contribution in [0.25, 0.3) is 0 Å². The highest BCUT2D eigenvalue weighted by molar-refractivity contribution is 7.80. The maximum Gasteiger partial charge on any atom is 0.169 e. The van der Waals surface area contributed by atoms with E-state index in [9.17, 15) is 0 Å². The first-order valence-electron chi connectivity index (χ1n) is 4.00. The average molecular weight is 184 g/mol. The van der Waals surface area contributed by atoms with Crippen LogP contribution in [-0.4, -0.2) is 29.6 Å². The lowest BCUT2D eigenvalue weighted by atomic mass is 10.5. The highest BCUT2D eigenvalue weighted by Gasteiger charge is 2.02. The van der Waals surface area contributed by atoms with Crippen LogP contribution in [0.4, 0.5) is 0 Å². The zero-order valence-electron chi connectivity index (χ0n) is 7.55. The van der Waals surface area contributed by atoms with E-state index in [2.05, 4.69) is 18.5 Å². The highest BCUT2D eigenvalue weighted by Crippen LogP contribution is 1.90. The van der Waals surface area contributed by atoms with Crippen molar-refractivity contribution in [1.29, 1.82) is 0 Å². The van der Waals surface area contributed by atoms with Crippen molar-refractivity contribution < 1.29 is 0 Å². The second-order valence-corrected chi connectivity index (χ2v) is 2.70. The summed E-state index contributed by atoms with van der Waals surface area (Å²) in [5, 5.41) is 3.84. The predicted molar refractivity (Wildman–Crippen MR) is 58.2 cm³/mol. The van der Waals surface area contributed by atoms with Crippen LogP contribution in [0, 0.1) is 0 Å². The Morgan fingerprint density at radius 2 is 1.92 bits per heavy atom. The van der Waals surface area contributed by atoms with E-state index in [0.717, 1.165) is 24.7 Å². The predicted octanol–water partition coefficient (Wildman–Crippen LogP) is 1.55. The monoisotopic (exact) mass is 184 g/mol. The van der Waals surface area contributed by atoms with Crippen molar-refractivity contribution in [1.82, 2.24) is 10.2 Å². The van der Waals surface area contributed by atoms with E-state index in [4.69, 9.17) is 12.2 Å². The highest BCUT2D eigenvalue weighted by atomic mass is 32.1. The Morgan fingerprint density at radius 1 is 1.42 bits per heavy atom. The topological polar surface area (TPSA) is 15.3 Å². The van der Waals surface area contributed by atoms with Crippen LogP contribution < -0.4 is 5.32 Å². The average Bonchev–Trinajstić information content (AvgIpc) is 2.04. The van der Waals surface area contributed by atoms with Gasteiger partial charge in [-0.15, -0.1) is 13.2 Å². The summed E-state index contributed by atoms with van der Waals surface area (Å²) in [6.07, 6.45) is 3.65. The van der Waals surface area contributed by atoms with Gasteiger partial charge >= 0.3 is 0 Å². The van der Waals surface area contributed by atoms with E-state index in [1.165, 1.54) is 0 Å². The molecule has 0 fully saturated rings. The van der Waals surface area contributed by atoms with Crippen molar-refractivity contribution in [3.05, 3.63) is 25.3 Å². The Labute approximate surface area is 79.9 Å². The van der Waals surface area contributed by atoms with Gasteiger partial charge in [-0.05, 0) is 19.1 Å². The largest absolute Gasteiger partial charge is 0.363 e. The molecule has 0 rings (SSSR count). The summed E-state index contributed by atoms with van der Waals surface area (Å²) in [5.41, 5.74) is 0. The molecule has 0 aromatic heterocycles. The summed E-state index contributed by atoms with van der Waals surface area (Å²) < 4.78 is 0. The van der Waals surface area contributed by atoms with E-state index in [-0.39, 0.29) is 0 Å². The Balaban J connectivity index is 3.97. The number of hydrogen-bond acceptors (Lipinski definition) is 1. The molecule has 12 heavy (non-hydrogen) atoms. The van der Waals surface area contributed by atoms with Crippen LogP contribution in [0.2, 0.25) is 0 Å². The lowest BCUT2D eigenvalue weighted by Crippen LogP contribution is -2.39. The summed E-state index contributed by atoms with van der Waals surface area (Å²) in [7, 11) is 0. The minimum absolute atomic E-state index is 0.761. The van der Waals surface area contributed by atoms with Gasteiger partial charge in [0.2, 0.25) is 0 Å². The first kappa shape index (κ1) is 11.2. The molecule has 1 N–H and O–H groups in total. The molecule has 0 bridgehead atoms. The number of nitrogens with one attached hydrogen (secondary N) is 1. The molecule has 3 heteroatoms. The lowest BCUT2D eigenvalue weighted by molar-refractivity contribution is 0.503. The standard InChI is InChI=1S/C9H16N2S/c1-4-7-11(8-5-2)9(12)10-6-3/h4-5H,1-2,6-8H2,3H3,(H,10,12). The van der Waals surface area contributed by atoms with Gasteiger partial charge in [0.15, 0.2) is 5.11 Å². The quantitative estimate of drug-likeness (QED) is 0.515. The first-order chi connectivity index (χ1) is 5.76. The summed E-state index contributed by atoms with van der Waals surface area (Å²) >= 11 is 5.12. The molecule has 0 aliphatic rings. The van der Waals surface area contributed by atoms with Gasteiger partial charge in [-0.1, -0.05) is 12.2 Å². The van der Waals surface area contributed by atoms with E-state index in [1.807, 2.05) is 24.0 Å². The van der Waals surface area contributed by atoms with Crippen LogP contribution >= 0.6 is 12.2 Å². The van der Waals surface area contributed by atoms with Crippen molar-refractivity contribution in [3.8, 4) is 0 Å². The van der Waals surface area contributed by atoms with Gasteiger partial charge in [-0.2, -0.15) is 0 Å². The molecule has 0 atom stereocenters. The SMILES string of the molecule is C=CCN(CC=C)C(=S)NCC. The van der Waals surface area contributed by atoms with Crippen molar-refractivity contribution in [2.45, 2.75) is 6.92 Å². The van der Waals surface area contributed by atoms with Gasteiger partial charge in [0.1, 0.15) is 0 Å². The molecule has 2 nitrogen and oxygen atoms in total. The minimum Gasteiger partial charge on any atom is -0.363 e. The summed E-state index contributed by atoms with van der Waals surface area (Å²) in [4.78, 5) is 2.00. The van der Waals surface area contributed by atoms with Crippen LogP contribution in [0.5, 0.6) is 0 Å². The Morgan fingerprint density at radius 3 is 2.25 bits per heavy atom. The van der Waals surface area contributed by atoms with Gasteiger partial charge in [-0.3, -0.25) is 0 Å². The second kappa shape index (κ2) is 6.85. The van der Waals surface area contributed by atoms with Gasteiger partial charge in [0, 0.05) is 19.6 Å². The van der Waals surface area contributed by atoms with Crippen molar-refractivity contribution >= 4 is 17.3 Å². The van der Waals surface area contributed by atoms with Crippen LogP contribution in [-0.2, 0) is 0 Å². The van der Waals surface area contributed by atoms with Crippen LogP contribution in [0.3, 0.4) is 0 Å². The number of nitrogens with zero attached hydrogens (tertiary/aromatic N) is 1. The van der Waals surface area contributed by atoms with Crippen LogP contribution in [0.1, 0.15) is 6.92 Å². The third-order valence-corrected chi connectivity index (χ3v) is 1.72. The maximum absolute atomic E-state index is 5.12. The summed E-state index contributed by atoms with van der Waals surface area (Å²) in [6, 6.07) is 0. The van der Waals surface area contributed by atoms with Gasteiger partial charge in [-0.25, -0.2) is 0 Å². The second-order valence-electron chi connectivity index (χ2n) is 2.32. The van der Waals surface area contributed by atoms with E-state index < -0.39 is 0 Å². The van der Waals surface area contributed by atoms with Gasteiger partial charge < -0.3 is 10.2 Å². The number of rotatable bonds is 5. The molecule has 0 aliphatic heterocycles. The summed E-state index contributed by atoms with van der Waals surface area (Å²) in [6.45, 7) is 11.7. The fraction of sp³-hybridized carbons (Fsp3) is 0.444. The lowest BCUT2D eigenvalue weighted by Gasteiger charge is -2.22. The van der Waals surface area contributed by atoms with E-state index in [0.29, 0.717) is 0 Å². The van der Waals surface area contributed by atoms with Gasteiger partial charge in [0.25, 0.3) is 0 Å². The smallest absolute Gasteiger partial charge is 0.169 e. The molecular formula is C9H16N2S. The fourth-order valence-corrected chi connectivity index (χ4v) is 1.11. The number of thiocarbonyl (C=S) groups is 1. The van der Waals surface area contributed by atoms with Gasteiger partial charge in [0.05, 0.1) is 0 Å². The molecule has 0 heterocycles. The van der Waals surface area contributed by atoms with Crippen LogP contribution in [0.15, 0.2) is 25.3 Å². The molecule has 0 saturated carbocycles. The molecule has 0 amide bonds. The normalized spacial score (nSPS) is 8.75. The molecule has 0 aromatic rings. The molecule has 0 radical (unpaired) electrons. The molecule has 0 unspecified atom stereocenters. The third kappa shape index (κ3) is 4.13. The molecule has 0 spiro atoms. The number of hydrogen-bond donors (Lipinski definition) is 1. The van der Waals surface area contributed by atoms with Crippen molar-refractivity contribution in [3.63, 3.8) is 0 Å². The van der Waals surface area contributed by atoms with E-state index >= 15 is 0 Å².